The summed E-state index contributed by atoms with van der Waals surface area (Å²) in [7, 11) is -3.48. The first-order chi connectivity index (χ1) is 14.9. The molecule has 162 valence electrons. The lowest BCUT2D eigenvalue weighted by Crippen LogP contribution is -2.48. The van der Waals surface area contributed by atoms with Crippen molar-refractivity contribution in [1.82, 2.24) is 18.6 Å². The quantitative estimate of drug-likeness (QED) is 0.623. The van der Waals surface area contributed by atoms with Crippen LogP contribution in [0.25, 0.3) is 5.65 Å². The van der Waals surface area contributed by atoms with Gasteiger partial charge < -0.3 is 0 Å². The molecule has 3 aromatic rings. The molecule has 7 nitrogen and oxygen atoms in total. The van der Waals surface area contributed by atoms with Crippen LogP contribution >= 0.6 is 0 Å². The molecule has 1 saturated heterocycles. The average molecular weight is 439 g/mol. The molecule has 0 spiro atoms. The van der Waals surface area contributed by atoms with Gasteiger partial charge in [0.25, 0.3) is 5.56 Å². The van der Waals surface area contributed by atoms with E-state index in [2.05, 4.69) is 9.88 Å². The molecule has 1 aromatic carbocycles. The Morgan fingerprint density at radius 2 is 1.74 bits per heavy atom. The zero-order valence-corrected chi connectivity index (χ0v) is 18.4. The number of piperazine rings is 1. The number of fused-ring (bicyclic) bond motifs is 2. The van der Waals surface area contributed by atoms with Gasteiger partial charge in [-0.2, -0.15) is 4.31 Å². The van der Waals surface area contributed by atoms with Crippen LogP contribution < -0.4 is 5.56 Å². The third-order valence-corrected chi connectivity index (χ3v) is 8.18. The van der Waals surface area contributed by atoms with Crippen LogP contribution in [0, 0.1) is 6.92 Å². The number of hydrogen-bond donors (Lipinski definition) is 0. The van der Waals surface area contributed by atoms with Crippen molar-refractivity contribution in [3.63, 3.8) is 0 Å². The predicted molar refractivity (Wildman–Crippen MR) is 119 cm³/mol. The fourth-order valence-corrected chi connectivity index (χ4v) is 6.03. The van der Waals surface area contributed by atoms with E-state index in [1.165, 1.54) is 11.1 Å². The van der Waals surface area contributed by atoms with E-state index in [0.717, 1.165) is 24.8 Å². The molecule has 0 radical (unpaired) electrons. The molecule has 0 bridgehead atoms. The summed E-state index contributed by atoms with van der Waals surface area (Å²) < 4.78 is 29.4. The van der Waals surface area contributed by atoms with Gasteiger partial charge in [0, 0.05) is 45.0 Å². The van der Waals surface area contributed by atoms with Crippen molar-refractivity contribution in [2.75, 3.05) is 26.2 Å². The Labute approximate surface area is 182 Å². The van der Waals surface area contributed by atoms with E-state index in [-0.39, 0.29) is 5.56 Å². The van der Waals surface area contributed by atoms with Gasteiger partial charge in [0.2, 0.25) is 10.0 Å². The van der Waals surface area contributed by atoms with Gasteiger partial charge in [-0.15, -0.1) is 0 Å². The summed E-state index contributed by atoms with van der Waals surface area (Å²) in [5.41, 5.74) is 4.70. The number of nitrogens with zero attached hydrogens (tertiary/aromatic N) is 4. The van der Waals surface area contributed by atoms with E-state index in [0.29, 0.717) is 49.0 Å². The molecule has 0 atom stereocenters. The summed E-state index contributed by atoms with van der Waals surface area (Å²) in [5.74, 6) is 0. The highest BCUT2D eigenvalue weighted by molar-refractivity contribution is 7.89. The first-order valence-electron chi connectivity index (χ1n) is 10.7. The van der Waals surface area contributed by atoms with Crippen LogP contribution in [-0.2, 0) is 29.4 Å². The van der Waals surface area contributed by atoms with Crippen LogP contribution in [0.5, 0.6) is 0 Å². The molecule has 2 aromatic heterocycles. The maximum Gasteiger partial charge on any atom is 0.258 e. The van der Waals surface area contributed by atoms with E-state index in [1.54, 1.807) is 27.0 Å². The normalized spacial score (nSPS) is 17.8. The molecule has 5 rings (SSSR count). The SMILES string of the molecule is Cc1ccc2nc(CN3CCN(S(=O)(=O)c4ccc5c(c4)CCC5)CC3)cc(=O)n2c1. The molecule has 1 fully saturated rings. The van der Waals surface area contributed by atoms with Crippen LogP contribution in [0.15, 0.2) is 52.3 Å². The number of benzene rings is 1. The number of sulfonamides is 1. The van der Waals surface area contributed by atoms with Crippen molar-refractivity contribution in [3.8, 4) is 0 Å². The van der Waals surface area contributed by atoms with Crippen molar-refractivity contribution in [2.45, 2.75) is 37.6 Å². The molecular formula is C23H26N4O3S. The summed E-state index contributed by atoms with van der Waals surface area (Å²) >= 11 is 0. The molecule has 0 amide bonds. The Balaban J connectivity index is 1.28. The fourth-order valence-electron chi connectivity index (χ4n) is 4.55. The number of hydrogen-bond acceptors (Lipinski definition) is 5. The highest BCUT2D eigenvalue weighted by Crippen LogP contribution is 2.26. The number of pyridine rings is 1. The van der Waals surface area contributed by atoms with Gasteiger partial charge in [-0.1, -0.05) is 12.1 Å². The highest BCUT2D eigenvalue weighted by atomic mass is 32.2. The minimum Gasteiger partial charge on any atom is -0.295 e. The Bertz CT molecular complexity index is 1310. The number of aromatic nitrogens is 2. The van der Waals surface area contributed by atoms with Gasteiger partial charge in [0.1, 0.15) is 5.65 Å². The largest absolute Gasteiger partial charge is 0.295 e. The molecule has 8 heteroatoms. The molecule has 2 aliphatic rings. The van der Waals surface area contributed by atoms with Crippen LogP contribution in [0.4, 0.5) is 0 Å². The van der Waals surface area contributed by atoms with E-state index in [1.807, 2.05) is 31.2 Å². The smallest absolute Gasteiger partial charge is 0.258 e. The fraction of sp³-hybridized carbons (Fsp3) is 0.391. The summed E-state index contributed by atoms with van der Waals surface area (Å²) in [6.07, 6.45) is 4.89. The zero-order valence-electron chi connectivity index (χ0n) is 17.6. The number of rotatable bonds is 4. The first-order valence-corrected chi connectivity index (χ1v) is 12.2. The molecule has 0 saturated carbocycles. The Kier molecular flexibility index (Phi) is 5.16. The molecule has 31 heavy (non-hydrogen) atoms. The van der Waals surface area contributed by atoms with Gasteiger partial charge >= 0.3 is 0 Å². The summed E-state index contributed by atoms with van der Waals surface area (Å²) in [4.78, 5) is 19.6. The number of aryl methyl sites for hydroxylation is 3. The lowest BCUT2D eigenvalue weighted by atomic mass is 10.1. The Morgan fingerprint density at radius 1 is 0.968 bits per heavy atom. The third kappa shape index (κ3) is 3.91. The first kappa shape index (κ1) is 20.4. The van der Waals surface area contributed by atoms with E-state index in [9.17, 15) is 13.2 Å². The summed E-state index contributed by atoms with van der Waals surface area (Å²) in [6, 6.07) is 10.9. The molecule has 0 unspecified atom stereocenters. The second-order valence-corrected chi connectivity index (χ2v) is 10.4. The van der Waals surface area contributed by atoms with Gasteiger partial charge in [0.15, 0.2) is 0 Å². The molecule has 1 aliphatic carbocycles. The maximum atomic E-state index is 13.1. The Morgan fingerprint density at radius 3 is 2.55 bits per heavy atom. The predicted octanol–water partition coefficient (Wildman–Crippen LogP) is 2.00. The highest BCUT2D eigenvalue weighted by Gasteiger charge is 2.29. The standard InChI is InChI=1S/C23H26N4O3S/c1-17-5-8-22-24-20(14-23(28)27(22)15-17)16-25-9-11-26(12-10-25)31(29,30)21-7-6-18-3-2-4-19(18)13-21/h5-8,13-15H,2-4,9-12,16H2,1H3. The van der Waals surface area contributed by atoms with Crippen molar-refractivity contribution in [1.29, 1.82) is 0 Å². The summed E-state index contributed by atoms with van der Waals surface area (Å²) in [6.45, 7) is 4.57. The van der Waals surface area contributed by atoms with Gasteiger partial charge in [0.05, 0.1) is 10.6 Å². The second kappa shape index (κ2) is 7.85. The van der Waals surface area contributed by atoms with E-state index >= 15 is 0 Å². The minimum absolute atomic E-state index is 0.0958. The van der Waals surface area contributed by atoms with Gasteiger partial charge in [-0.3, -0.25) is 14.1 Å². The van der Waals surface area contributed by atoms with E-state index in [4.69, 9.17) is 0 Å². The van der Waals surface area contributed by atoms with Gasteiger partial charge in [-0.25, -0.2) is 13.4 Å². The van der Waals surface area contributed by atoms with Gasteiger partial charge in [-0.05, 0) is 61.1 Å². The van der Waals surface area contributed by atoms with E-state index < -0.39 is 10.0 Å². The molecule has 1 aliphatic heterocycles. The third-order valence-electron chi connectivity index (χ3n) is 6.29. The lowest BCUT2D eigenvalue weighted by Gasteiger charge is -2.33. The minimum atomic E-state index is -3.48. The average Bonchev–Trinajstić information content (AvgIpc) is 3.23. The topological polar surface area (TPSA) is 75.0 Å². The maximum absolute atomic E-state index is 13.1. The Hall–Kier alpha value is -2.55. The molecular weight excluding hydrogens is 412 g/mol. The van der Waals surface area contributed by atoms with Crippen LogP contribution in [-0.4, -0.2) is 53.2 Å². The van der Waals surface area contributed by atoms with Crippen LogP contribution in [0.2, 0.25) is 0 Å². The molecule has 0 N–H and O–H groups in total. The zero-order chi connectivity index (χ0) is 21.6. The van der Waals surface area contributed by atoms with Crippen LogP contribution in [0.1, 0.15) is 28.8 Å². The molecule has 3 heterocycles. The van der Waals surface area contributed by atoms with Crippen molar-refractivity contribution in [3.05, 3.63) is 75.3 Å². The van der Waals surface area contributed by atoms with Crippen molar-refractivity contribution in [2.24, 2.45) is 0 Å². The lowest BCUT2D eigenvalue weighted by molar-refractivity contribution is 0.180. The summed E-state index contributed by atoms with van der Waals surface area (Å²) in [5, 5.41) is 0. The second-order valence-electron chi connectivity index (χ2n) is 8.48. The van der Waals surface area contributed by atoms with Crippen molar-refractivity contribution < 1.29 is 8.42 Å². The monoisotopic (exact) mass is 438 g/mol. The van der Waals surface area contributed by atoms with Crippen LogP contribution in [0.3, 0.4) is 0 Å². The van der Waals surface area contributed by atoms with Crippen molar-refractivity contribution >= 4 is 15.7 Å².